The van der Waals surface area contributed by atoms with Crippen LogP contribution in [0.3, 0.4) is 0 Å². The standard InChI is InChI=1S/C14H19ClN2O2/c1-11-2-3-12(15)10-13(11)19-9-4-14(18)17-7-5-16-6-8-17/h2-3,10,16H,4-9H2,1H3. The van der Waals surface area contributed by atoms with Crippen LogP contribution in [0.15, 0.2) is 18.2 Å². The fourth-order valence-corrected chi connectivity index (χ4v) is 2.21. The predicted molar refractivity (Wildman–Crippen MR) is 75.8 cm³/mol. The first-order valence-corrected chi connectivity index (χ1v) is 6.92. The van der Waals surface area contributed by atoms with Crippen LogP contribution in [0, 0.1) is 6.92 Å². The van der Waals surface area contributed by atoms with Gasteiger partial charge >= 0.3 is 0 Å². The summed E-state index contributed by atoms with van der Waals surface area (Å²) in [6.07, 6.45) is 0.409. The smallest absolute Gasteiger partial charge is 0.226 e. The van der Waals surface area contributed by atoms with Gasteiger partial charge in [0.15, 0.2) is 0 Å². The summed E-state index contributed by atoms with van der Waals surface area (Å²) in [4.78, 5) is 13.8. The molecule has 0 atom stereocenters. The maximum atomic E-state index is 11.9. The number of piperazine rings is 1. The number of carbonyl (C=O) groups excluding carboxylic acids is 1. The van der Waals surface area contributed by atoms with Crippen LogP contribution in [0.1, 0.15) is 12.0 Å². The maximum Gasteiger partial charge on any atom is 0.226 e. The molecule has 1 aliphatic rings. The first-order chi connectivity index (χ1) is 9.16. The molecule has 104 valence electrons. The summed E-state index contributed by atoms with van der Waals surface area (Å²) >= 11 is 5.92. The van der Waals surface area contributed by atoms with E-state index in [4.69, 9.17) is 16.3 Å². The Labute approximate surface area is 118 Å². The lowest BCUT2D eigenvalue weighted by atomic mass is 10.2. The number of halogens is 1. The molecule has 1 N–H and O–H groups in total. The third-order valence-corrected chi connectivity index (χ3v) is 3.43. The van der Waals surface area contributed by atoms with E-state index in [1.807, 2.05) is 24.0 Å². The number of nitrogens with zero attached hydrogens (tertiary/aromatic N) is 1. The summed E-state index contributed by atoms with van der Waals surface area (Å²) in [6.45, 7) is 5.68. The molecule has 1 heterocycles. The maximum absolute atomic E-state index is 11.9. The highest BCUT2D eigenvalue weighted by atomic mass is 35.5. The summed E-state index contributed by atoms with van der Waals surface area (Å²) in [7, 11) is 0. The van der Waals surface area contributed by atoms with Crippen LogP contribution in [0.25, 0.3) is 0 Å². The Kier molecular flexibility index (Phi) is 5.05. The van der Waals surface area contributed by atoms with Gasteiger partial charge in [-0.25, -0.2) is 0 Å². The lowest BCUT2D eigenvalue weighted by Crippen LogP contribution is -2.46. The number of ether oxygens (including phenoxy) is 1. The first kappa shape index (κ1) is 14.2. The number of nitrogens with one attached hydrogen (secondary N) is 1. The minimum Gasteiger partial charge on any atom is -0.493 e. The van der Waals surface area contributed by atoms with Crippen molar-refractivity contribution < 1.29 is 9.53 Å². The summed E-state index contributed by atoms with van der Waals surface area (Å²) in [6, 6.07) is 5.53. The van der Waals surface area contributed by atoms with Crippen LogP contribution < -0.4 is 10.1 Å². The zero-order valence-corrected chi connectivity index (χ0v) is 11.9. The van der Waals surface area contributed by atoms with Gasteiger partial charge in [0.1, 0.15) is 5.75 Å². The van der Waals surface area contributed by atoms with Crippen molar-refractivity contribution in [3.05, 3.63) is 28.8 Å². The van der Waals surface area contributed by atoms with Crippen LogP contribution in [-0.4, -0.2) is 43.6 Å². The van der Waals surface area contributed by atoms with E-state index >= 15 is 0 Å². The second kappa shape index (κ2) is 6.78. The van der Waals surface area contributed by atoms with Crippen molar-refractivity contribution in [2.45, 2.75) is 13.3 Å². The van der Waals surface area contributed by atoms with Crippen molar-refractivity contribution >= 4 is 17.5 Å². The second-order valence-corrected chi connectivity index (χ2v) is 5.08. The van der Waals surface area contributed by atoms with Gasteiger partial charge in [-0.2, -0.15) is 0 Å². The van der Waals surface area contributed by atoms with Crippen LogP contribution >= 0.6 is 11.6 Å². The molecular weight excluding hydrogens is 264 g/mol. The van der Waals surface area contributed by atoms with Gasteiger partial charge in [0.25, 0.3) is 0 Å². The molecule has 1 aromatic carbocycles. The van der Waals surface area contributed by atoms with Crippen LogP contribution in [0.5, 0.6) is 5.75 Å². The molecule has 0 aliphatic carbocycles. The molecule has 1 fully saturated rings. The van der Waals surface area contributed by atoms with Crippen LogP contribution in [0.4, 0.5) is 0 Å². The average Bonchev–Trinajstić information content (AvgIpc) is 2.43. The minimum absolute atomic E-state index is 0.154. The van der Waals surface area contributed by atoms with E-state index in [0.717, 1.165) is 37.5 Å². The molecule has 0 radical (unpaired) electrons. The van der Waals surface area contributed by atoms with Crippen LogP contribution in [0.2, 0.25) is 5.02 Å². The molecule has 1 aliphatic heterocycles. The highest BCUT2D eigenvalue weighted by Crippen LogP contribution is 2.22. The molecule has 0 saturated carbocycles. The molecule has 0 aromatic heterocycles. The van der Waals surface area contributed by atoms with E-state index < -0.39 is 0 Å². The molecule has 19 heavy (non-hydrogen) atoms. The van der Waals surface area contributed by atoms with E-state index in [2.05, 4.69) is 5.32 Å². The second-order valence-electron chi connectivity index (χ2n) is 4.64. The third kappa shape index (κ3) is 4.11. The number of carbonyl (C=O) groups is 1. The number of hydrogen-bond donors (Lipinski definition) is 1. The van der Waals surface area contributed by atoms with Gasteiger partial charge in [-0.05, 0) is 24.6 Å². The first-order valence-electron chi connectivity index (χ1n) is 6.54. The normalized spacial score (nSPS) is 15.4. The van der Waals surface area contributed by atoms with Crippen molar-refractivity contribution in [3.63, 3.8) is 0 Å². The minimum atomic E-state index is 0.154. The highest BCUT2D eigenvalue weighted by molar-refractivity contribution is 6.30. The molecule has 0 bridgehead atoms. The number of aryl methyl sites for hydroxylation is 1. The Balaban J connectivity index is 1.79. The van der Waals surface area contributed by atoms with Gasteiger partial charge in [0.2, 0.25) is 5.91 Å². The number of benzene rings is 1. The summed E-state index contributed by atoms with van der Waals surface area (Å²) in [5.74, 6) is 0.904. The number of hydrogen-bond acceptors (Lipinski definition) is 3. The van der Waals surface area contributed by atoms with Gasteiger partial charge < -0.3 is 15.0 Å². The Hall–Kier alpha value is -1.26. The number of amides is 1. The highest BCUT2D eigenvalue weighted by Gasteiger charge is 2.15. The van der Waals surface area contributed by atoms with E-state index in [0.29, 0.717) is 18.1 Å². The van der Waals surface area contributed by atoms with Gasteiger partial charge in [0, 0.05) is 31.2 Å². The molecule has 5 heteroatoms. The molecule has 0 unspecified atom stereocenters. The Morgan fingerprint density at radius 3 is 2.89 bits per heavy atom. The van der Waals surface area contributed by atoms with Crippen molar-refractivity contribution in [3.8, 4) is 5.75 Å². The summed E-state index contributed by atoms with van der Waals surface area (Å²) in [5.41, 5.74) is 1.03. The number of rotatable bonds is 4. The van der Waals surface area contributed by atoms with Crippen molar-refractivity contribution in [1.29, 1.82) is 0 Å². The van der Waals surface area contributed by atoms with Crippen molar-refractivity contribution in [2.24, 2.45) is 0 Å². The molecule has 1 aromatic rings. The lowest BCUT2D eigenvalue weighted by Gasteiger charge is -2.27. The Morgan fingerprint density at radius 1 is 1.42 bits per heavy atom. The van der Waals surface area contributed by atoms with Crippen molar-refractivity contribution in [1.82, 2.24) is 10.2 Å². The molecule has 1 amide bonds. The van der Waals surface area contributed by atoms with Gasteiger partial charge in [0.05, 0.1) is 13.0 Å². The predicted octanol–water partition coefficient (Wildman–Crippen LogP) is 1.85. The lowest BCUT2D eigenvalue weighted by molar-refractivity contribution is -0.132. The van der Waals surface area contributed by atoms with E-state index in [-0.39, 0.29) is 5.91 Å². The van der Waals surface area contributed by atoms with Gasteiger partial charge in [-0.15, -0.1) is 0 Å². The molecule has 1 saturated heterocycles. The fourth-order valence-electron chi connectivity index (χ4n) is 2.05. The quantitative estimate of drug-likeness (QED) is 0.916. The largest absolute Gasteiger partial charge is 0.493 e. The van der Waals surface area contributed by atoms with Gasteiger partial charge in [-0.3, -0.25) is 4.79 Å². The monoisotopic (exact) mass is 282 g/mol. The SMILES string of the molecule is Cc1ccc(Cl)cc1OCCC(=O)N1CCNCC1. The molecule has 4 nitrogen and oxygen atoms in total. The molecule has 0 spiro atoms. The Bertz CT molecular complexity index is 445. The molecular formula is C14H19ClN2O2. The Morgan fingerprint density at radius 2 is 2.16 bits per heavy atom. The van der Waals surface area contributed by atoms with E-state index in [1.54, 1.807) is 6.07 Å². The average molecular weight is 283 g/mol. The molecule has 2 rings (SSSR count). The zero-order valence-electron chi connectivity index (χ0n) is 11.1. The van der Waals surface area contributed by atoms with Crippen LogP contribution in [-0.2, 0) is 4.79 Å². The summed E-state index contributed by atoms with van der Waals surface area (Å²) < 4.78 is 5.63. The zero-order chi connectivity index (χ0) is 13.7. The summed E-state index contributed by atoms with van der Waals surface area (Å²) in [5, 5.41) is 3.87. The van der Waals surface area contributed by atoms with Crippen molar-refractivity contribution in [2.75, 3.05) is 32.8 Å². The topological polar surface area (TPSA) is 41.6 Å². The third-order valence-electron chi connectivity index (χ3n) is 3.19. The van der Waals surface area contributed by atoms with E-state index in [1.165, 1.54) is 0 Å². The van der Waals surface area contributed by atoms with E-state index in [9.17, 15) is 4.79 Å². The fraction of sp³-hybridized carbons (Fsp3) is 0.500. The van der Waals surface area contributed by atoms with Gasteiger partial charge in [-0.1, -0.05) is 17.7 Å².